The molecule has 4 rings (SSSR count). The third kappa shape index (κ3) is 5.99. The largest absolute Gasteiger partial charge is 0.390 e. The molecule has 34 heavy (non-hydrogen) atoms. The molecule has 0 saturated carbocycles. The van der Waals surface area contributed by atoms with E-state index < -0.39 is 6.10 Å². The molecule has 0 atom stereocenters. The van der Waals surface area contributed by atoms with Gasteiger partial charge in [0.05, 0.1) is 32.3 Å². The van der Waals surface area contributed by atoms with Gasteiger partial charge in [0.1, 0.15) is 23.3 Å². The smallest absolute Gasteiger partial charge is 0.122 e. The highest BCUT2D eigenvalue weighted by molar-refractivity contribution is 4.97. The Labute approximate surface area is 199 Å². The first-order chi connectivity index (χ1) is 16.4. The number of hydrogen-bond acceptors (Lipinski definition) is 7. The van der Waals surface area contributed by atoms with Crippen molar-refractivity contribution >= 4 is 0 Å². The first-order valence-electron chi connectivity index (χ1n) is 11.4. The maximum atomic E-state index is 11.2. The Hall–Kier alpha value is -3.28. The van der Waals surface area contributed by atoms with Crippen molar-refractivity contribution in [1.82, 2.24) is 48.0 Å². The van der Waals surface area contributed by atoms with E-state index in [-0.39, 0.29) is 0 Å². The maximum absolute atomic E-state index is 11.2. The van der Waals surface area contributed by atoms with Crippen molar-refractivity contribution in [2.75, 3.05) is 13.1 Å². The van der Waals surface area contributed by atoms with Crippen LogP contribution in [0.3, 0.4) is 0 Å². The number of hydrogen-bond donors (Lipinski definition) is 1. The maximum Gasteiger partial charge on any atom is 0.122 e. The van der Waals surface area contributed by atoms with Gasteiger partial charge in [-0.2, -0.15) is 0 Å². The zero-order chi connectivity index (χ0) is 24.1. The summed E-state index contributed by atoms with van der Waals surface area (Å²) in [6, 6.07) is 0. The molecule has 4 heterocycles. The molecule has 0 fully saturated rings. The summed E-state index contributed by atoms with van der Waals surface area (Å²) in [5.41, 5.74) is 0. The number of aromatic nitrogens is 8. The predicted molar refractivity (Wildman–Crippen MR) is 127 cm³/mol. The molecule has 0 spiro atoms. The third-order valence-corrected chi connectivity index (χ3v) is 6.08. The van der Waals surface area contributed by atoms with Gasteiger partial charge >= 0.3 is 0 Å². The van der Waals surface area contributed by atoms with Gasteiger partial charge in [-0.1, -0.05) is 0 Å². The summed E-state index contributed by atoms with van der Waals surface area (Å²) >= 11 is 0. The molecule has 0 unspecified atom stereocenters. The van der Waals surface area contributed by atoms with E-state index in [1.54, 1.807) is 24.8 Å². The summed E-state index contributed by atoms with van der Waals surface area (Å²) in [5, 5.41) is 11.2. The summed E-state index contributed by atoms with van der Waals surface area (Å²) in [5.74, 6) is 3.78. The van der Waals surface area contributed by atoms with Crippen molar-refractivity contribution in [3.05, 3.63) is 72.9 Å². The molecular weight excluding hydrogens is 432 g/mol. The van der Waals surface area contributed by atoms with Gasteiger partial charge in [0.25, 0.3) is 0 Å². The van der Waals surface area contributed by atoms with Crippen LogP contribution in [0.5, 0.6) is 0 Å². The highest BCUT2D eigenvalue weighted by atomic mass is 16.3. The Bertz CT molecular complexity index is 997. The molecule has 4 aromatic rings. The van der Waals surface area contributed by atoms with Crippen LogP contribution >= 0.6 is 0 Å². The van der Waals surface area contributed by atoms with Crippen molar-refractivity contribution in [1.29, 1.82) is 0 Å². The van der Waals surface area contributed by atoms with Crippen LogP contribution in [0.15, 0.2) is 49.6 Å². The highest BCUT2D eigenvalue weighted by Gasteiger charge is 2.21. The molecule has 0 amide bonds. The van der Waals surface area contributed by atoms with Crippen LogP contribution in [0.25, 0.3) is 0 Å². The molecule has 0 aliphatic heterocycles. The lowest BCUT2D eigenvalue weighted by molar-refractivity contribution is 0.0586. The van der Waals surface area contributed by atoms with Crippen LogP contribution in [-0.2, 0) is 54.4 Å². The fraction of sp³-hybridized carbons (Fsp3) is 0.478. The summed E-state index contributed by atoms with van der Waals surface area (Å²) in [6.07, 6.45) is 14.4. The number of aliphatic hydroxyl groups is 1. The van der Waals surface area contributed by atoms with Gasteiger partial charge in [-0.05, 0) is 0 Å². The van der Waals surface area contributed by atoms with Crippen LogP contribution in [0.2, 0.25) is 0 Å². The number of nitrogens with zero attached hydrogens (tertiary/aromatic N) is 10. The van der Waals surface area contributed by atoms with Gasteiger partial charge < -0.3 is 23.4 Å². The fourth-order valence-electron chi connectivity index (χ4n) is 4.02. The van der Waals surface area contributed by atoms with Gasteiger partial charge in [0, 0.05) is 90.9 Å². The minimum atomic E-state index is -0.582. The Morgan fingerprint density at radius 2 is 0.853 bits per heavy atom. The van der Waals surface area contributed by atoms with Crippen molar-refractivity contribution in [2.45, 2.75) is 32.3 Å². The number of aryl methyl sites for hydroxylation is 4. The molecule has 0 saturated heterocycles. The van der Waals surface area contributed by atoms with E-state index in [4.69, 9.17) is 0 Å². The average molecular weight is 467 g/mol. The van der Waals surface area contributed by atoms with Crippen molar-refractivity contribution in [3.8, 4) is 0 Å². The Morgan fingerprint density at radius 3 is 1.06 bits per heavy atom. The van der Waals surface area contributed by atoms with Crippen LogP contribution in [0, 0.1) is 0 Å². The van der Waals surface area contributed by atoms with E-state index >= 15 is 0 Å². The van der Waals surface area contributed by atoms with E-state index in [0.29, 0.717) is 39.3 Å². The topological polar surface area (TPSA) is 98.0 Å². The molecule has 0 radical (unpaired) electrons. The lowest BCUT2D eigenvalue weighted by Gasteiger charge is -2.29. The second kappa shape index (κ2) is 10.8. The van der Waals surface area contributed by atoms with Gasteiger partial charge in [0.2, 0.25) is 0 Å². The first-order valence-corrected chi connectivity index (χ1v) is 11.4. The Kier molecular flexibility index (Phi) is 7.56. The molecule has 4 aromatic heterocycles. The summed E-state index contributed by atoms with van der Waals surface area (Å²) < 4.78 is 8.02. The number of aliphatic hydroxyl groups excluding tert-OH is 1. The van der Waals surface area contributed by atoms with E-state index in [0.717, 1.165) is 23.3 Å². The standard InChI is InChI=1S/C23H34N10O/c1-28-9-5-24-20(28)15-32(16-21-25-6-10-29(21)2)13-19(34)14-33(17-22-26-7-11-30(22)3)18-23-27-8-12-31(23)4/h5-12,19,34H,13-18H2,1-4H3. The van der Waals surface area contributed by atoms with Crippen LogP contribution in [0.4, 0.5) is 0 Å². The minimum Gasteiger partial charge on any atom is -0.390 e. The zero-order valence-electron chi connectivity index (χ0n) is 20.4. The monoisotopic (exact) mass is 466 g/mol. The lowest BCUT2D eigenvalue weighted by atomic mass is 10.2. The third-order valence-electron chi connectivity index (χ3n) is 6.08. The zero-order valence-corrected chi connectivity index (χ0v) is 20.4. The van der Waals surface area contributed by atoms with E-state index in [2.05, 4.69) is 29.7 Å². The number of rotatable bonds is 12. The van der Waals surface area contributed by atoms with Crippen molar-refractivity contribution in [2.24, 2.45) is 28.2 Å². The molecule has 182 valence electrons. The number of imidazole rings is 4. The van der Waals surface area contributed by atoms with E-state index in [1.807, 2.05) is 71.2 Å². The predicted octanol–water partition coefficient (Wildman–Crippen LogP) is 0.686. The first kappa shape index (κ1) is 23.9. The van der Waals surface area contributed by atoms with Crippen LogP contribution < -0.4 is 0 Å². The Balaban J connectivity index is 1.47. The van der Waals surface area contributed by atoms with Crippen molar-refractivity contribution in [3.63, 3.8) is 0 Å². The fourth-order valence-corrected chi connectivity index (χ4v) is 4.02. The van der Waals surface area contributed by atoms with Gasteiger partial charge in [0.15, 0.2) is 0 Å². The van der Waals surface area contributed by atoms with Gasteiger partial charge in [-0.25, -0.2) is 19.9 Å². The van der Waals surface area contributed by atoms with E-state index in [9.17, 15) is 5.11 Å². The quantitative estimate of drug-likeness (QED) is 0.328. The summed E-state index contributed by atoms with van der Waals surface area (Å²) in [7, 11) is 7.94. The molecular formula is C23H34N10O. The van der Waals surface area contributed by atoms with Gasteiger partial charge in [-0.3, -0.25) is 9.80 Å². The highest BCUT2D eigenvalue weighted by Crippen LogP contribution is 2.12. The van der Waals surface area contributed by atoms with Gasteiger partial charge in [-0.15, -0.1) is 0 Å². The second-order valence-corrected chi connectivity index (χ2v) is 8.81. The molecule has 0 aliphatic carbocycles. The molecule has 0 aliphatic rings. The normalized spacial score (nSPS) is 12.0. The SMILES string of the molecule is Cn1ccnc1CN(Cc1nccn1C)CC(O)CN(Cc1nccn1C)Cc1nccn1C. The molecule has 11 heteroatoms. The Morgan fingerprint density at radius 1 is 0.588 bits per heavy atom. The minimum absolute atomic E-state index is 0.483. The average Bonchev–Trinajstić information content (AvgIpc) is 3.57. The molecule has 11 nitrogen and oxygen atoms in total. The van der Waals surface area contributed by atoms with Crippen molar-refractivity contribution < 1.29 is 5.11 Å². The summed E-state index contributed by atoms with van der Waals surface area (Å²) in [4.78, 5) is 22.3. The second-order valence-electron chi connectivity index (χ2n) is 8.81. The molecule has 0 aromatic carbocycles. The lowest BCUT2D eigenvalue weighted by Crippen LogP contribution is -2.40. The van der Waals surface area contributed by atoms with Crippen LogP contribution in [-0.4, -0.2) is 72.3 Å². The molecule has 1 N–H and O–H groups in total. The van der Waals surface area contributed by atoms with Crippen LogP contribution in [0.1, 0.15) is 23.3 Å². The van der Waals surface area contributed by atoms with E-state index in [1.165, 1.54) is 0 Å². The summed E-state index contributed by atoms with van der Waals surface area (Å²) in [6.45, 7) is 3.44. The molecule has 0 bridgehead atoms.